The molecule has 4 rings (SSSR count). The van der Waals surface area contributed by atoms with Crippen molar-refractivity contribution in [2.75, 3.05) is 0 Å². The number of aromatic nitrogens is 2. The monoisotopic (exact) mass is 433 g/mol. The van der Waals surface area contributed by atoms with Crippen LogP contribution in [-0.4, -0.2) is 20.7 Å². The second-order valence-electron chi connectivity index (χ2n) is 7.21. The Labute approximate surface area is 175 Å². The first-order valence-electron chi connectivity index (χ1n) is 9.14. The van der Waals surface area contributed by atoms with Crippen molar-refractivity contribution in [3.05, 3.63) is 50.1 Å². The van der Waals surface area contributed by atoms with Crippen LogP contribution in [0, 0.1) is 5.92 Å². The van der Waals surface area contributed by atoms with Crippen LogP contribution in [0.15, 0.2) is 34.2 Å². The van der Waals surface area contributed by atoms with Crippen molar-refractivity contribution in [3.8, 4) is 5.69 Å². The number of hydrogen-bond acceptors (Lipinski definition) is 5. The predicted octanol–water partition coefficient (Wildman–Crippen LogP) is 4.19. The van der Waals surface area contributed by atoms with E-state index < -0.39 is 11.2 Å². The number of nitrogens with two attached hydrogens (primary N) is 1. The van der Waals surface area contributed by atoms with Gasteiger partial charge in [0.2, 0.25) is 5.91 Å². The van der Waals surface area contributed by atoms with Crippen molar-refractivity contribution in [2.45, 2.75) is 43.5 Å². The van der Waals surface area contributed by atoms with Gasteiger partial charge in [-0.2, -0.15) is 0 Å². The Balaban J connectivity index is 1.97. The Bertz CT molecular complexity index is 1120. The summed E-state index contributed by atoms with van der Waals surface area (Å²) in [5, 5.41) is 1.26. The largest absolute Gasteiger partial charge is 0.369 e. The number of hydrogen-bond donors (Lipinski definition) is 1. The molecule has 1 aliphatic rings. The second-order valence-corrected chi connectivity index (χ2v) is 10.0. The van der Waals surface area contributed by atoms with Gasteiger partial charge in [0.05, 0.1) is 16.3 Å². The number of thiophene rings is 1. The lowest BCUT2D eigenvalue weighted by Gasteiger charge is -2.18. The second kappa shape index (κ2) is 7.54. The Morgan fingerprint density at radius 2 is 2.11 bits per heavy atom. The zero-order valence-electron chi connectivity index (χ0n) is 15.6. The maximum Gasteiger partial charge on any atom is 0.267 e. The van der Waals surface area contributed by atoms with Gasteiger partial charge in [0.25, 0.3) is 5.56 Å². The van der Waals surface area contributed by atoms with E-state index in [1.54, 1.807) is 47.1 Å². The van der Waals surface area contributed by atoms with E-state index in [0.717, 1.165) is 29.7 Å². The van der Waals surface area contributed by atoms with E-state index in [9.17, 15) is 9.59 Å². The van der Waals surface area contributed by atoms with Crippen molar-refractivity contribution in [1.82, 2.24) is 9.55 Å². The normalized spacial score (nSPS) is 17.5. The minimum atomic E-state index is -0.502. The zero-order valence-corrected chi connectivity index (χ0v) is 18.0. The molecule has 2 N–H and O–H groups in total. The number of primary amides is 1. The molecule has 2 atom stereocenters. The lowest BCUT2D eigenvalue weighted by atomic mass is 9.89. The standard InChI is InChI=1S/C20H20ClN3O2S2/c1-10-3-8-14-15(9-10)28-18-16(14)19(26)24(13-6-4-12(21)5-7-13)20(23-18)27-11(2)17(22)25/h4-7,10-11H,3,8-9H2,1-2H3,(H2,22,25)/t10-,11-/m0/s1. The molecule has 146 valence electrons. The number of aryl methyl sites for hydroxylation is 1. The van der Waals surface area contributed by atoms with Crippen LogP contribution < -0.4 is 11.3 Å². The molecular weight excluding hydrogens is 414 g/mol. The Kier molecular flexibility index (Phi) is 5.24. The third kappa shape index (κ3) is 3.47. The molecule has 1 amide bonds. The van der Waals surface area contributed by atoms with Crippen molar-refractivity contribution in [1.29, 1.82) is 0 Å². The first-order valence-corrected chi connectivity index (χ1v) is 11.2. The van der Waals surface area contributed by atoms with Crippen LogP contribution in [0.5, 0.6) is 0 Å². The molecule has 0 saturated carbocycles. The molecule has 2 aromatic heterocycles. The average molecular weight is 434 g/mol. The van der Waals surface area contributed by atoms with Crippen LogP contribution in [0.1, 0.15) is 30.7 Å². The summed E-state index contributed by atoms with van der Waals surface area (Å²) in [6.45, 7) is 3.96. The fourth-order valence-corrected chi connectivity index (χ4v) is 5.91. The molecule has 0 saturated heterocycles. The summed E-state index contributed by atoms with van der Waals surface area (Å²) in [5.74, 6) is 0.170. The van der Waals surface area contributed by atoms with Gasteiger partial charge in [-0.1, -0.05) is 30.3 Å². The fourth-order valence-electron chi connectivity index (χ4n) is 3.48. The maximum absolute atomic E-state index is 13.6. The number of halogens is 1. The molecule has 0 unspecified atom stereocenters. The SMILES string of the molecule is C[C@H]1CCc2c(sc3nc(S[C@@H](C)C(N)=O)n(-c4ccc(Cl)cc4)c(=O)c23)C1. The number of carbonyl (C=O) groups excluding carboxylic acids is 1. The summed E-state index contributed by atoms with van der Waals surface area (Å²) < 4.78 is 1.58. The molecule has 3 aromatic rings. The van der Waals surface area contributed by atoms with Gasteiger partial charge in [-0.05, 0) is 61.9 Å². The van der Waals surface area contributed by atoms with Crippen LogP contribution in [0.3, 0.4) is 0 Å². The summed E-state index contributed by atoms with van der Waals surface area (Å²) in [6.07, 6.45) is 2.96. The van der Waals surface area contributed by atoms with Gasteiger partial charge < -0.3 is 5.73 Å². The molecule has 0 spiro atoms. The van der Waals surface area contributed by atoms with Gasteiger partial charge in [0, 0.05) is 9.90 Å². The van der Waals surface area contributed by atoms with Gasteiger partial charge in [0.1, 0.15) is 4.83 Å². The summed E-state index contributed by atoms with van der Waals surface area (Å²) in [6, 6.07) is 7.06. The highest BCUT2D eigenvalue weighted by atomic mass is 35.5. The van der Waals surface area contributed by atoms with Crippen molar-refractivity contribution < 1.29 is 4.79 Å². The molecular formula is C20H20ClN3O2S2. The maximum atomic E-state index is 13.6. The van der Waals surface area contributed by atoms with E-state index in [2.05, 4.69) is 6.92 Å². The van der Waals surface area contributed by atoms with Crippen LogP contribution in [0.25, 0.3) is 15.9 Å². The number of nitrogens with zero attached hydrogens (tertiary/aromatic N) is 2. The highest BCUT2D eigenvalue weighted by Crippen LogP contribution is 2.37. The lowest BCUT2D eigenvalue weighted by Crippen LogP contribution is -2.26. The zero-order chi connectivity index (χ0) is 20.0. The number of benzene rings is 1. The number of thioether (sulfide) groups is 1. The molecule has 0 fully saturated rings. The van der Waals surface area contributed by atoms with Gasteiger partial charge in [0.15, 0.2) is 5.16 Å². The van der Waals surface area contributed by atoms with E-state index in [0.29, 0.717) is 27.2 Å². The quantitative estimate of drug-likeness (QED) is 0.494. The van der Waals surface area contributed by atoms with Gasteiger partial charge in [-0.25, -0.2) is 4.98 Å². The molecule has 2 heterocycles. The van der Waals surface area contributed by atoms with E-state index in [4.69, 9.17) is 22.3 Å². The van der Waals surface area contributed by atoms with E-state index >= 15 is 0 Å². The van der Waals surface area contributed by atoms with Crippen molar-refractivity contribution in [3.63, 3.8) is 0 Å². The number of carbonyl (C=O) groups is 1. The summed E-state index contributed by atoms with van der Waals surface area (Å²) >= 11 is 8.83. The molecule has 0 bridgehead atoms. The molecule has 8 heteroatoms. The topological polar surface area (TPSA) is 78.0 Å². The Hall–Kier alpha value is -1.83. The number of fused-ring (bicyclic) bond motifs is 3. The van der Waals surface area contributed by atoms with Gasteiger partial charge in [-0.15, -0.1) is 11.3 Å². The molecule has 28 heavy (non-hydrogen) atoms. The first-order chi connectivity index (χ1) is 13.3. The average Bonchev–Trinajstić information content (AvgIpc) is 3.00. The van der Waals surface area contributed by atoms with E-state index in [1.807, 2.05) is 0 Å². The molecule has 1 aromatic carbocycles. The van der Waals surface area contributed by atoms with Crippen LogP contribution in [0.2, 0.25) is 5.02 Å². The predicted molar refractivity (Wildman–Crippen MR) is 116 cm³/mol. The molecule has 1 aliphatic carbocycles. The number of rotatable bonds is 4. The van der Waals surface area contributed by atoms with Crippen LogP contribution in [0.4, 0.5) is 0 Å². The van der Waals surface area contributed by atoms with Crippen LogP contribution in [-0.2, 0) is 17.6 Å². The minimum Gasteiger partial charge on any atom is -0.369 e. The molecule has 0 radical (unpaired) electrons. The lowest BCUT2D eigenvalue weighted by molar-refractivity contribution is -0.117. The van der Waals surface area contributed by atoms with Crippen LogP contribution >= 0.6 is 34.7 Å². The minimum absolute atomic E-state index is 0.0986. The number of amides is 1. The smallest absolute Gasteiger partial charge is 0.267 e. The highest BCUT2D eigenvalue weighted by molar-refractivity contribution is 8.00. The highest BCUT2D eigenvalue weighted by Gasteiger charge is 2.26. The Morgan fingerprint density at radius 3 is 2.79 bits per heavy atom. The summed E-state index contributed by atoms with van der Waals surface area (Å²) in [5.41, 5.74) is 7.16. The van der Waals surface area contributed by atoms with Crippen molar-refractivity contribution >= 4 is 50.8 Å². The molecule has 5 nitrogen and oxygen atoms in total. The van der Waals surface area contributed by atoms with E-state index in [-0.39, 0.29) is 5.56 Å². The Morgan fingerprint density at radius 1 is 1.39 bits per heavy atom. The van der Waals surface area contributed by atoms with Gasteiger partial charge in [-0.3, -0.25) is 14.2 Å². The van der Waals surface area contributed by atoms with E-state index in [1.165, 1.54) is 16.6 Å². The first kappa shape index (κ1) is 19.5. The molecule has 0 aliphatic heterocycles. The summed E-state index contributed by atoms with van der Waals surface area (Å²) in [4.78, 5) is 32.0. The third-order valence-corrected chi connectivity index (χ3v) is 7.54. The summed E-state index contributed by atoms with van der Waals surface area (Å²) in [7, 11) is 0. The van der Waals surface area contributed by atoms with Crippen molar-refractivity contribution in [2.24, 2.45) is 11.7 Å². The fraction of sp³-hybridized carbons (Fsp3) is 0.350. The third-order valence-electron chi connectivity index (χ3n) is 5.07. The van der Waals surface area contributed by atoms with Gasteiger partial charge >= 0.3 is 0 Å².